The maximum absolute atomic E-state index is 13.1. The van der Waals surface area contributed by atoms with Gasteiger partial charge in [-0.05, 0) is 55.0 Å². The number of ketones is 1. The Morgan fingerprint density at radius 1 is 1.32 bits per heavy atom. The van der Waals surface area contributed by atoms with E-state index in [1.807, 2.05) is 6.92 Å². The Labute approximate surface area is 115 Å². The highest BCUT2D eigenvalue weighted by Gasteiger charge is 2.18. The van der Waals surface area contributed by atoms with Crippen molar-refractivity contribution in [2.45, 2.75) is 46.5 Å². The number of carbonyl (C=O) groups is 1. The number of halogens is 1. The molecule has 0 saturated heterocycles. The molecule has 0 bridgehead atoms. The molecule has 0 unspecified atom stereocenters. The largest absolute Gasteiger partial charge is 0.330 e. The Morgan fingerprint density at radius 2 is 2.00 bits per heavy atom. The van der Waals surface area contributed by atoms with Crippen molar-refractivity contribution in [3.05, 3.63) is 35.1 Å². The number of Topliss-reactive ketones (excluding diaryl/α,β-unsaturated/α-hetero) is 1. The van der Waals surface area contributed by atoms with Gasteiger partial charge in [-0.2, -0.15) is 0 Å². The van der Waals surface area contributed by atoms with Gasteiger partial charge < -0.3 is 5.73 Å². The number of hydrogen-bond donors (Lipinski definition) is 1. The Kier molecular flexibility index (Phi) is 5.67. The van der Waals surface area contributed by atoms with Crippen molar-refractivity contribution in [2.24, 2.45) is 11.1 Å². The van der Waals surface area contributed by atoms with Crippen LogP contribution in [0.3, 0.4) is 0 Å². The highest BCUT2D eigenvalue weighted by Crippen LogP contribution is 2.26. The zero-order valence-corrected chi connectivity index (χ0v) is 12.1. The van der Waals surface area contributed by atoms with E-state index in [0.717, 1.165) is 24.0 Å². The highest BCUT2D eigenvalue weighted by atomic mass is 19.1. The number of carbonyl (C=O) groups excluding carboxylic acids is 1. The number of rotatable bonds is 7. The molecule has 2 nitrogen and oxygen atoms in total. The van der Waals surface area contributed by atoms with Gasteiger partial charge in [-0.3, -0.25) is 4.79 Å². The summed E-state index contributed by atoms with van der Waals surface area (Å²) in [4.78, 5) is 12.0. The van der Waals surface area contributed by atoms with Gasteiger partial charge in [0, 0.05) is 12.8 Å². The predicted octanol–water partition coefficient (Wildman–Crippen LogP) is 3.40. The van der Waals surface area contributed by atoms with Crippen LogP contribution in [-0.4, -0.2) is 12.3 Å². The molecule has 1 rings (SSSR count). The SMILES string of the molecule is Cc1ccc(F)cc1CC(=O)CCC(C)(C)CCN. The zero-order chi connectivity index (χ0) is 14.5. The lowest BCUT2D eigenvalue weighted by Gasteiger charge is -2.23. The summed E-state index contributed by atoms with van der Waals surface area (Å²) in [5.41, 5.74) is 7.41. The van der Waals surface area contributed by atoms with E-state index in [4.69, 9.17) is 5.73 Å². The second-order valence-corrected chi connectivity index (χ2v) is 5.99. The maximum Gasteiger partial charge on any atom is 0.137 e. The first-order chi connectivity index (χ1) is 8.84. The van der Waals surface area contributed by atoms with Gasteiger partial charge in [0.2, 0.25) is 0 Å². The molecule has 106 valence electrons. The monoisotopic (exact) mass is 265 g/mol. The molecule has 0 heterocycles. The third-order valence-corrected chi connectivity index (χ3v) is 3.60. The van der Waals surface area contributed by atoms with Gasteiger partial charge in [0.25, 0.3) is 0 Å². The van der Waals surface area contributed by atoms with E-state index in [1.54, 1.807) is 6.07 Å². The molecule has 19 heavy (non-hydrogen) atoms. The van der Waals surface area contributed by atoms with Gasteiger partial charge in [0.1, 0.15) is 11.6 Å². The van der Waals surface area contributed by atoms with E-state index in [1.165, 1.54) is 12.1 Å². The zero-order valence-electron chi connectivity index (χ0n) is 12.1. The van der Waals surface area contributed by atoms with Crippen LogP contribution in [0.5, 0.6) is 0 Å². The lowest BCUT2D eigenvalue weighted by molar-refractivity contribution is -0.119. The summed E-state index contributed by atoms with van der Waals surface area (Å²) in [7, 11) is 0. The average molecular weight is 265 g/mol. The Balaban J connectivity index is 2.54. The van der Waals surface area contributed by atoms with Crippen molar-refractivity contribution in [3.63, 3.8) is 0 Å². The van der Waals surface area contributed by atoms with Gasteiger partial charge in [-0.15, -0.1) is 0 Å². The Morgan fingerprint density at radius 3 is 2.63 bits per heavy atom. The van der Waals surface area contributed by atoms with Crippen LogP contribution >= 0.6 is 0 Å². The van der Waals surface area contributed by atoms with Crippen molar-refractivity contribution in [1.82, 2.24) is 0 Å². The minimum atomic E-state index is -0.281. The second kappa shape index (κ2) is 6.80. The molecule has 0 amide bonds. The molecule has 0 fully saturated rings. The van der Waals surface area contributed by atoms with Gasteiger partial charge in [-0.1, -0.05) is 19.9 Å². The minimum absolute atomic E-state index is 0.0986. The lowest BCUT2D eigenvalue weighted by atomic mass is 9.83. The maximum atomic E-state index is 13.1. The number of benzene rings is 1. The summed E-state index contributed by atoms with van der Waals surface area (Å²) in [6, 6.07) is 4.60. The molecule has 0 radical (unpaired) electrons. The molecule has 1 aromatic carbocycles. The van der Waals surface area contributed by atoms with E-state index in [-0.39, 0.29) is 17.0 Å². The first kappa shape index (κ1) is 15.8. The minimum Gasteiger partial charge on any atom is -0.330 e. The Hall–Kier alpha value is -1.22. The normalized spacial score (nSPS) is 11.6. The summed E-state index contributed by atoms with van der Waals surface area (Å²) < 4.78 is 13.1. The van der Waals surface area contributed by atoms with Crippen LogP contribution in [0.1, 0.15) is 44.2 Å². The van der Waals surface area contributed by atoms with Gasteiger partial charge in [-0.25, -0.2) is 4.39 Å². The van der Waals surface area contributed by atoms with Crippen LogP contribution < -0.4 is 5.73 Å². The Bertz CT molecular complexity index is 440. The van der Waals surface area contributed by atoms with E-state index in [9.17, 15) is 9.18 Å². The predicted molar refractivity (Wildman–Crippen MR) is 76.5 cm³/mol. The van der Waals surface area contributed by atoms with E-state index >= 15 is 0 Å². The standard InChI is InChI=1S/C16H24FNO/c1-12-4-5-14(17)10-13(12)11-15(19)6-7-16(2,3)8-9-18/h4-5,10H,6-9,11,18H2,1-3H3. The lowest BCUT2D eigenvalue weighted by Crippen LogP contribution is -2.19. The number of aryl methyl sites for hydroxylation is 1. The van der Waals surface area contributed by atoms with Crippen molar-refractivity contribution >= 4 is 5.78 Å². The first-order valence-corrected chi connectivity index (χ1v) is 6.81. The molecule has 0 aliphatic rings. The van der Waals surface area contributed by atoms with E-state index in [0.29, 0.717) is 19.4 Å². The summed E-state index contributed by atoms with van der Waals surface area (Å²) in [6.07, 6.45) is 2.60. The molecular weight excluding hydrogens is 241 g/mol. The molecule has 0 atom stereocenters. The van der Waals surface area contributed by atoms with Crippen LogP contribution in [0.4, 0.5) is 4.39 Å². The van der Waals surface area contributed by atoms with Crippen LogP contribution in [0.2, 0.25) is 0 Å². The molecule has 0 aromatic heterocycles. The summed E-state index contributed by atoms with van der Waals surface area (Å²) in [5.74, 6) is -0.115. The van der Waals surface area contributed by atoms with Gasteiger partial charge >= 0.3 is 0 Å². The summed E-state index contributed by atoms with van der Waals surface area (Å²) in [6.45, 7) is 6.80. The topological polar surface area (TPSA) is 43.1 Å². The van der Waals surface area contributed by atoms with Crippen LogP contribution in [-0.2, 0) is 11.2 Å². The fraction of sp³-hybridized carbons (Fsp3) is 0.562. The second-order valence-electron chi connectivity index (χ2n) is 5.99. The summed E-state index contributed by atoms with van der Waals surface area (Å²) in [5, 5.41) is 0. The molecule has 0 aliphatic carbocycles. The number of nitrogens with two attached hydrogens (primary N) is 1. The third-order valence-electron chi connectivity index (χ3n) is 3.60. The van der Waals surface area contributed by atoms with E-state index < -0.39 is 0 Å². The fourth-order valence-electron chi connectivity index (χ4n) is 2.12. The first-order valence-electron chi connectivity index (χ1n) is 6.81. The van der Waals surface area contributed by atoms with Crippen molar-refractivity contribution in [1.29, 1.82) is 0 Å². The average Bonchev–Trinajstić information content (AvgIpc) is 2.31. The molecular formula is C16H24FNO. The van der Waals surface area contributed by atoms with Crippen molar-refractivity contribution < 1.29 is 9.18 Å². The third kappa shape index (κ3) is 5.52. The molecule has 0 saturated carbocycles. The van der Waals surface area contributed by atoms with Crippen LogP contribution in [0.15, 0.2) is 18.2 Å². The highest BCUT2D eigenvalue weighted by molar-refractivity contribution is 5.81. The van der Waals surface area contributed by atoms with Crippen molar-refractivity contribution in [3.8, 4) is 0 Å². The van der Waals surface area contributed by atoms with Gasteiger partial charge in [0.15, 0.2) is 0 Å². The van der Waals surface area contributed by atoms with Gasteiger partial charge in [0.05, 0.1) is 0 Å². The number of hydrogen-bond acceptors (Lipinski definition) is 2. The molecule has 0 aliphatic heterocycles. The summed E-state index contributed by atoms with van der Waals surface area (Å²) >= 11 is 0. The molecule has 3 heteroatoms. The fourth-order valence-corrected chi connectivity index (χ4v) is 2.12. The van der Waals surface area contributed by atoms with Crippen LogP contribution in [0, 0.1) is 18.2 Å². The molecule has 2 N–H and O–H groups in total. The van der Waals surface area contributed by atoms with Crippen LogP contribution in [0.25, 0.3) is 0 Å². The molecule has 1 aromatic rings. The molecule has 0 spiro atoms. The van der Waals surface area contributed by atoms with E-state index in [2.05, 4.69) is 13.8 Å². The van der Waals surface area contributed by atoms with Crippen molar-refractivity contribution in [2.75, 3.05) is 6.54 Å². The quantitative estimate of drug-likeness (QED) is 0.821. The smallest absolute Gasteiger partial charge is 0.137 e.